The predicted molar refractivity (Wildman–Crippen MR) is 119 cm³/mol. The summed E-state index contributed by atoms with van der Waals surface area (Å²) in [6.07, 6.45) is 14.4. The van der Waals surface area contributed by atoms with Crippen LogP contribution < -0.4 is 11.1 Å². The van der Waals surface area contributed by atoms with E-state index < -0.39 is 11.9 Å². The first-order valence-corrected chi connectivity index (χ1v) is 11.2. The van der Waals surface area contributed by atoms with Crippen molar-refractivity contribution in [1.29, 1.82) is 0 Å². The summed E-state index contributed by atoms with van der Waals surface area (Å²) in [5, 5.41) is 18.3. The summed E-state index contributed by atoms with van der Waals surface area (Å²) in [6.45, 7) is 7.52. The Morgan fingerprint density at radius 2 is 1.10 bits per heavy atom. The molecule has 0 saturated carbocycles. The average molecular weight is 419 g/mol. The Balaban J connectivity index is -0.000000555. The number of nitrogens with one attached hydrogen (secondary N) is 1. The van der Waals surface area contributed by atoms with Crippen LogP contribution in [-0.4, -0.2) is 34.2 Å². The summed E-state index contributed by atoms with van der Waals surface area (Å²) < 4.78 is 0. The third-order valence-electron chi connectivity index (χ3n) is 4.06. The maximum atomic E-state index is 11.5. The summed E-state index contributed by atoms with van der Waals surface area (Å²) in [5.74, 6) is -1.38. The monoisotopic (exact) mass is 418 g/mol. The first-order valence-electron chi connectivity index (χ1n) is 11.2. The standard InChI is InChI=1S/C16H34N2O.2C3H6O2/c1-3-5-6-7-8-9-10-11-12-14-16(19)18-15(17)13-4-2;2*1-2-3(4)5/h15H,3-14,17H2,1-2H3,(H,18,19);2*2H2,1H3,(H,4,5). The summed E-state index contributed by atoms with van der Waals surface area (Å²) in [5.41, 5.74) is 5.76. The third kappa shape index (κ3) is 37.7. The number of nitrogens with two attached hydrogens (primary N) is 1. The van der Waals surface area contributed by atoms with Crippen LogP contribution in [0.1, 0.15) is 118 Å². The lowest BCUT2D eigenvalue weighted by Crippen LogP contribution is -2.41. The molecule has 0 bridgehead atoms. The van der Waals surface area contributed by atoms with Gasteiger partial charge in [-0.1, -0.05) is 85.5 Å². The van der Waals surface area contributed by atoms with E-state index in [1.165, 1.54) is 51.4 Å². The zero-order valence-electron chi connectivity index (χ0n) is 19.2. The second-order valence-electron chi connectivity index (χ2n) is 7.04. The maximum Gasteiger partial charge on any atom is 0.303 e. The molecule has 7 nitrogen and oxygen atoms in total. The highest BCUT2D eigenvalue weighted by molar-refractivity contribution is 5.76. The Labute approximate surface area is 177 Å². The molecule has 0 aromatic heterocycles. The van der Waals surface area contributed by atoms with Crippen LogP contribution in [0.3, 0.4) is 0 Å². The van der Waals surface area contributed by atoms with Crippen molar-refractivity contribution in [2.24, 2.45) is 5.73 Å². The van der Waals surface area contributed by atoms with Gasteiger partial charge in [0, 0.05) is 19.3 Å². The molecule has 174 valence electrons. The van der Waals surface area contributed by atoms with Crippen LogP contribution in [-0.2, 0) is 14.4 Å². The Bertz CT molecular complexity index is 375. The number of carboxylic acid groups (broad SMARTS) is 2. The van der Waals surface area contributed by atoms with E-state index in [-0.39, 0.29) is 24.9 Å². The van der Waals surface area contributed by atoms with Crippen LogP contribution in [0.15, 0.2) is 0 Å². The van der Waals surface area contributed by atoms with Crippen molar-refractivity contribution < 1.29 is 24.6 Å². The molecule has 0 aromatic carbocycles. The van der Waals surface area contributed by atoms with Gasteiger partial charge in [-0.25, -0.2) is 0 Å². The lowest BCUT2D eigenvalue weighted by molar-refractivity contribution is -0.137. The second kappa shape index (κ2) is 26.4. The maximum absolute atomic E-state index is 11.5. The molecule has 0 aliphatic heterocycles. The molecular weight excluding hydrogens is 372 g/mol. The topological polar surface area (TPSA) is 130 Å². The molecule has 0 aromatic rings. The molecule has 0 aliphatic rings. The van der Waals surface area contributed by atoms with Crippen LogP contribution in [0, 0.1) is 0 Å². The number of carboxylic acids is 2. The fourth-order valence-electron chi connectivity index (χ4n) is 2.26. The molecule has 1 amide bonds. The molecular formula is C22H46N2O5. The number of carbonyl (C=O) groups is 3. The Kier molecular flexibility index (Phi) is 29.1. The highest BCUT2D eigenvalue weighted by atomic mass is 16.4. The molecule has 1 atom stereocenters. The van der Waals surface area contributed by atoms with E-state index >= 15 is 0 Å². The number of aliphatic carboxylic acids is 2. The average Bonchev–Trinajstić information content (AvgIpc) is 2.67. The molecule has 1 unspecified atom stereocenters. The van der Waals surface area contributed by atoms with Gasteiger partial charge in [-0.2, -0.15) is 0 Å². The van der Waals surface area contributed by atoms with Gasteiger partial charge >= 0.3 is 11.9 Å². The number of hydrogen-bond donors (Lipinski definition) is 4. The van der Waals surface area contributed by atoms with Crippen LogP contribution in [0.25, 0.3) is 0 Å². The minimum atomic E-state index is -0.745. The first-order chi connectivity index (χ1) is 13.7. The van der Waals surface area contributed by atoms with E-state index in [0.717, 1.165) is 19.3 Å². The van der Waals surface area contributed by atoms with Crippen molar-refractivity contribution in [2.75, 3.05) is 0 Å². The van der Waals surface area contributed by atoms with Gasteiger partial charge in [0.25, 0.3) is 0 Å². The van der Waals surface area contributed by atoms with Crippen LogP contribution in [0.5, 0.6) is 0 Å². The third-order valence-corrected chi connectivity index (χ3v) is 4.06. The molecule has 7 heteroatoms. The number of hydrogen-bond acceptors (Lipinski definition) is 4. The van der Waals surface area contributed by atoms with Crippen LogP contribution in [0.2, 0.25) is 0 Å². The smallest absolute Gasteiger partial charge is 0.303 e. The Hall–Kier alpha value is -1.63. The highest BCUT2D eigenvalue weighted by Crippen LogP contribution is 2.10. The summed E-state index contributed by atoms with van der Waals surface area (Å²) in [7, 11) is 0. The molecule has 0 radical (unpaired) electrons. The fourth-order valence-corrected chi connectivity index (χ4v) is 2.26. The van der Waals surface area contributed by atoms with Crippen molar-refractivity contribution in [1.82, 2.24) is 5.32 Å². The summed E-state index contributed by atoms with van der Waals surface area (Å²) >= 11 is 0. The van der Waals surface area contributed by atoms with E-state index in [9.17, 15) is 14.4 Å². The molecule has 0 aliphatic carbocycles. The Morgan fingerprint density at radius 3 is 1.45 bits per heavy atom. The van der Waals surface area contributed by atoms with Gasteiger partial charge in [-0.15, -0.1) is 0 Å². The molecule has 0 spiro atoms. The largest absolute Gasteiger partial charge is 0.481 e. The number of amides is 1. The number of carbonyl (C=O) groups excluding carboxylic acids is 1. The normalized spacial score (nSPS) is 10.7. The van der Waals surface area contributed by atoms with Gasteiger partial charge in [-0.05, 0) is 12.8 Å². The summed E-state index contributed by atoms with van der Waals surface area (Å²) in [6, 6.07) is 0. The van der Waals surface area contributed by atoms with Gasteiger partial charge in [0.1, 0.15) is 0 Å². The zero-order valence-corrected chi connectivity index (χ0v) is 19.2. The van der Waals surface area contributed by atoms with Crippen LogP contribution >= 0.6 is 0 Å². The molecule has 0 heterocycles. The van der Waals surface area contributed by atoms with E-state index in [4.69, 9.17) is 15.9 Å². The van der Waals surface area contributed by atoms with Crippen molar-refractivity contribution in [3.63, 3.8) is 0 Å². The van der Waals surface area contributed by atoms with Crippen molar-refractivity contribution in [2.45, 2.75) is 124 Å². The molecule has 0 rings (SSSR count). The van der Waals surface area contributed by atoms with Crippen molar-refractivity contribution in [3.8, 4) is 0 Å². The molecule has 5 N–H and O–H groups in total. The van der Waals surface area contributed by atoms with Gasteiger partial charge in [0.05, 0.1) is 6.17 Å². The second-order valence-corrected chi connectivity index (χ2v) is 7.04. The molecule has 0 saturated heterocycles. The molecule has 29 heavy (non-hydrogen) atoms. The van der Waals surface area contributed by atoms with Gasteiger partial charge < -0.3 is 21.3 Å². The quantitative estimate of drug-likeness (QED) is 0.217. The Morgan fingerprint density at radius 1 is 0.724 bits per heavy atom. The first kappa shape index (κ1) is 32.0. The number of unbranched alkanes of at least 4 members (excludes halogenated alkanes) is 8. The van der Waals surface area contributed by atoms with Gasteiger partial charge in [-0.3, -0.25) is 14.4 Å². The van der Waals surface area contributed by atoms with E-state index in [0.29, 0.717) is 6.42 Å². The van der Waals surface area contributed by atoms with Crippen molar-refractivity contribution >= 4 is 17.8 Å². The summed E-state index contributed by atoms with van der Waals surface area (Å²) in [4.78, 5) is 30.3. The lowest BCUT2D eigenvalue weighted by atomic mass is 10.1. The van der Waals surface area contributed by atoms with Crippen molar-refractivity contribution in [3.05, 3.63) is 0 Å². The fraction of sp³-hybridized carbons (Fsp3) is 0.864. The van der Waals surface area contributed by atoms with Crippen LogP contribution in [0.4, 0.5) is 0 Å². The molecule has 0 fully saturated rings. The van der Waals surface area contributed by atoms with E-state index in [1.54, 1.807) is 13.8 Å². The minimum Gasteiger partial charge on any atom is -0.481 e. The minimum absolute atomic E-state index is 0.115. The lowest BCUT2D eigenvalue weighted by Gasteiger charge is -2.12. The number of rotatable bonds is 15. The van der Waals surface area contributed by atoms with Gasteiger partial charge in [0.15, 0.2) is 0 Å². The highest BCUT2D eigenvalue weighted by Gasteiger charge is 2.05. The predicted octanol–water partition coefficient (Wildman–Crippen LogP) is 5.07. The SMILES string of the molecule is CCC(=O)O.CCC(=O)O.CCCCCCCCCCCC(=O)NC(N)CCC. The van der Waals surface area contributed by atoms with Gasteiger partial charge in [0.2, 0.25) is 5.91 Å². The zero-order chi connectivity index (χ0) is 22.9. The van der Waals surface area contributed by atoms with E-state index in [2.05, 4.69) is 19.2 Å². The van der Waals surface area contributed by atoms with E-state index in [1.807, 2.05) is 0 Å².